The van der Waals surface area contributed by atoms with Crippen molar-refractivity contribution in [3.8, 4) is 0 Å². The molecule has 1 aromatic heterocycles. The van der Waals surface area contributed by atoms with Crippen LogP contribution in [0.2, 0.25) is 0 Å². The molecule has 1 aromatic carbocycles. The third kappa shape index (κ3) is 3.35. The summed E-state index contributed by atoms with van der Waals surface area (Å²) in [6.45, 7) is 0.904. The number of carbonyl (C=O) groups is 1. The Hall–Kier alpha value is -1.74. The number of thiophene rings is 1. The lowest BCUT2D eigenvalue weighted by Gasteiger charge is -2.17. The van der Waals surface area contributed by atoms with E-state index in [0.717, 1.165) is 21.2 Å². The van der Waals surface area contributed by atoms with Crippen LogP contribution >= 0.6 is 11.3 Å². The zero-order chi connectivity index (χ0) is 18.2. The number of nitrogens with zero attached hydrogens (tertiary/aromatic N) is 2. The summed E-state index contributed by atoms with van der Waals surface area (Å²) >= 11 is 1.15. The van der Waals surface area contributed by atoms with Crippen molar-refractivity contribution in [1.29, 1.82) is 0 Å². The first-order chi connectivity index (χ1) is 11.8. The summed E-state index contributed by atoms with van der Waals surface area (Å²) in [4.78, 5) is 14.9. The molecule has 1 aliphatic heterocycles. The molecule has 0 saturated carbocycles. The van der Waals surface area contributed by atoms with Gasteiger partial charge in [-0.3, -0.25) is 4.79 Å². The van der Waals surface area contributed by atoms with Crippen LogP contribution < -0.4 is 5.73 Å². The van der Waals surface area contributed by atoms with Crippen LogP contribution in [0.1, 0.15) is 21.2 Å². The second-order valence-electron chi connectivity index (χ2n) is 6.29. The molecule has 3 rings (SSSR count). The molecule has 2 aromatic rings. The lowest BCUT2D eigenvalue weighted by Crippen LogP contribution is -2.33. The molecule has 2 N–H and O–H groups in total. The maximum absolute atomic E-state index is 12.9. The van der Waals surface area contributed by atoms with Crippen LogP contribution in [0.3, 0.4) is 0 Å². The summed E-state index contributed by atoms with van der Waals surface area (Å²) in [6.07, 6.45) is 0. The number of sulfonamides is 1. The largest absolute Gasteiger partial charge is 0.336 e. The first kappa shape index (κ1) is 18.1. The molecule has 6 nitrogen and oxygen atoms in total. The quantitative estimate of drug-likeness (QED) is 0.874. The van der Waals surface area contributed by atoms with Gasteiger partial charge < -0.3 is 10.6 Å². The fourth-order valence-electron chi connectivity index (χ4n) is 3.04. The average Bonchev–Trinajstić information content (AvgIpc) is 3.22. The zero-order valence-electron chi connectivity index (χ0n) is 14.1. The lowest BCUT2D eigenvalue weighted by molar-refractivity contribution is 0.0790. The summed E-state index contributed by atoms with van der Waals surface area (Å²) in [5, 5.41) is 1.63. The molecule has 8 heteroatoms. The predicted molar refractivity (Wildman–Crippen MR) is 98.3 cm³/mol. The van der Waals surface area contributed by atoms with Gasteiger partial charge in [0, 0.05) is 39.1 Å². The molecule has 1 fully saturated rings. The Balaban J connectivity index is 1.86. The van der Waals surface area contributed by atoms with E-state index >= 15 is 0 Å². The van der Waals surface area contributed by atoms with Gasteiger partial charge in [-0.25, -0.2) is 12.7 Å². The molecule has 1 aliphatic rings. The van der Waals surface area contributed by atoms with Gasteiger partial charge in [-0.05, 0) is 17.0 Å². The van der Waals surface area contributed by atoms with Gasteiger partial charge in [0.05, 0.1) is 0 Å². The lowest BCUT2D eigenvalue weighted by atomic mass is 9.95. The van der Waals surface area contributed by atoms with Gasteiger partial charge in [-0.2, -0.15) is 0 Å². The van der Waals surface area contributed by atoms with Gasteiger partial charge >= 0.3 is 0 Å². The van der Waals surface area contributed by atoms with Gasteiger partial charge in [0.25, 0.3) is 5.91 Å². The monoisotopic (exact) mass is 379 g/mol. The maximum Gasteiger partial charge on any atom is 0.265 e. The van der Waals surface area contributed by atoms with Gasteiger partial charge in [0.2, 0.25) is 10.0 Å². The predicted octanol–water partition coefficient (Wildman–Crippen LogP) is 1.57. The van der Waals surface area contributed by atoms with Crippen molar-refractivity contribution in [1.82, 2.24) is 9.21 Å². The average molecular weight is 380 g/mol. The standard InChI is InChI=1S/C17H21N3O3S2/c1-19(2)25(22,23)15-8-9-24-16(15)17(21)20-10-13(14(18)11-20)12-6-4-3-5-7-12/h3-9,13-14H,10-11,18H2,1-2H3/t13-,14+/m0/s1. The van der Waals surface area contributed by atoms with Gasteiger partial charge in [0.15, 0.2) is 0 Å². The Kier molecular flexibility index (Phi) is 4.97. The highest BCUT2D eigenvalue weighted by molar-refractivity contribution is 7.89. The van der Waals surface area contributed by atoms with Crippen LogP contribution in [0.4, 0.5) is 0 Å². The molecule has 0 aliphatic carbocycles. The van der Waals surface area contributed by atoms with Crippen LogP contribution in [0.5, 0.6) is 0 Å². The molecule has 0 spiro atoms. The van der Waals surface area contributed by atoms with Crippen molar-refractivity contribution < 1.29 is 13.2 Å². The van der Waals surface area contributed by atoms with E-state index in [1.54, 1.807) is 10.3 Å². The fourth-order valence-corrected chi connectivity index (χ4v) is 5.30. The molecule has 2 atom stereocenters. The van der Waals surface area contributed by atoms with Gasteiger partial charge in [-0.15, -0.1) is 11.3 Å². The molecule has 2 heterocycles. The summed E-state index contributed by atoms with van der Waals surface area (Å²) in [5.41, 5.74) is 7.34. The first-order valence-corrected chi connectivity index (χ1v) is 10.2. The highest BCUT2D eigenvalue weighted by Gasteiger charge is 2.36. The molecule has 1 amide bonds. The topological polar surface area (TPSA) is 83.7 Å². The highest BCUT2D eigenvalue weighted by Crippen LogP contribution is 2.31. The van der Waals surface area contributed by atoms with Gasteiger partial charge in [-0.1, -0.05) is 30.3 Å². The number of benzene rings is 1. The van der Waals surface area contributed by atoms with Crippen LogP contribution in [-0.4, -0.2) is 56.8 Å². The van der Waals surface area contributed by atoms with Crippen molar-refractivity contribution in [3.63, 3.8) is 0 Å². The van der Waals surface area contributed by atoms with E-state index in [2.05, 4.69) is 0 Å². The summed E-state index contributed by atoms with van der Waals surface area (Å²) in [7, 11) is -0.739. The number of nitrogens with two attached hydrogens (primary N) is 1. The van der Waals surface area contributed by atoms with Crippen molar-refractivity contribution in [2.24, 2.45) is 5.73 Å². The minimum absolute atomic E-state index is 0.0546. The van der Waals surface area contributed by atoms with E-state index in [-0.39, 0.29) is 27.6 Å². The molecule has 1 saturated heterocycles. The Labute approximate surface area is 151 Å². The molecular formula is C17H21N3O3S2. The number of hydrogen-bond donors (Lipinski definition) is 1. The third-order valence-electron chi connectivity index (χ3n) is 4.46. The Morgan fingerprint density at radius 2 is 1.88 bits per heavy atom. The van der Waals surface area contributed by atoms with Crippen LogP contribution in [0, 0.1) is 0 Å². The van der Waals surface area contributed by atoms with Crippen LogP contribution in [0.15, 0.2) is 46.7 Å². The smallest absolute Gasteiger partial charge is 0.265 e. The number of carbonyl (C=O) groups excluding carboxylic acids is 1. The summed E-state index contributed by atoms with van der Waals surface area (Å²) in [5.74, 6) is -0.219. The van der Waals surface area contributed by atoms with Crippen molar-refractivity contribution in [2.45, 2.75) is 16.9 Å². The fraction of sp³-hybridized carbons (Fsp3) is 0.353. The van der Waals surface area contributed by atoms with E-state index in [0.29, 0.717) is 13.1 Å². The Morgan fingerprint density at radius 1 is 1.20 bits per heavy atom. The van der Waals surface area contributed by atoms with Crippen molar-refractivity contribution >= 4 is 27.3 Å². The minimum atomic E-state index is -3.65. The molecule has 0 radical (unpaired) electrons. The normalized spacial score (nSPS) is 21.0. The highest BCUT2D eigenvalue weighted by atomic mass is 32.2. The molecule has 0 unspecified atom stereocenters. The number of rotatable bonds is 4. The molecule has 25 heavy (non-hydrogen) atoms. The van der Waals surface area contributed by atoms with Crippen molar-refractivity contribution in [3.05, 3.63) is 52.2 Å². The second kappa shape index (κ2) is 6.87. The maximum atomic E-state index is 12.9. The van der Waals surface area contributed by atoms with E-state index in [1.807, 2.05) is 30.3 Å². The SMILES string of the molecule is CN(C)S(=O)(=O)c1ccsc1C(=O)N1C[C@@H](N)[C@H](c2ccccc2)C1. The molecule has 0 bridgehead atoms. The van der Waals surface area contributed by atoms with E-state index in [1.165, 1.54) is 20.2 Å². The Bertz CT molecular complexity index is 862. The number of amides is 1. The summed E-state index contributed by atoms with van der Waals surface area (Å²) < 4.78 is 26.0. The van der Waals surface area contributed by atoms with E-state index in [4.69, 9.17) is 5.73 Å². The third-order valence-corrected chi connectivity index (χ3v) is 7.35. The van der Waals surface area contributed by atoms with Crippen molar-refractivity contribution in [2.75, 3.05) is 27.2 Å². The number of likely N-dealkylation sites (tertiary alicyclic amines) is 1. The van der Waals surface area contributed by atoms with Crippen LogP contribution in [-0.2, 0) is 10.0 Å². The first-order valence-electron chi connectivity index (χ1n) is 7.92. The minimum Gasteiger partial charge on any atom is -0.336 e. The summed E-state index contributed by atoms with van der Waals surface area (Å²) in [6, 6.07) is 11.2. The zero-order valence-corrected chi connectivity index (χ0v) is 15.8. The second-order valence-corrected chi connectivity index (χ2v) is 9.33. The van der Waals surface area contributed by atoms with Gasteiger partial charge in [0.1, 0.15) is 9.77 Å². The van der Waals surface area contributed by atoms with E-state index in [9.17, 15) is 13.2 Å². The van der Waals surface area contributed by atoms with E-state index < -0.39 is 10.0 Å². The number of hydrogen-bond acceptors (Lipinski definition) is 5. The molecular weight excluding hydrogens is 358 g/mol. The Morgan fingerprint density at radius 3 is 2.52 bits per heavy atom. The molecule has 134 valence electrons. The van der Waals surface area contributed by atoms with Crippen LogP contribution in [0.25, 0.3) is 0 Å².